The molecule has 1 aromatic carbocycles. The lowest BCUT2D eigenvalue weighted by Gasteiger charge is -2.17. The molecule has 0 fully saturated rings. The molecule has 0 spiro atoms. The van der Waals surface area contributed by atoms with Gasteiger partial charge in [-0.2, -0.15) is 0 Å². The van der Waals surface area contributed by atoms with E-state index < -0.39 is 0 Å². The van der Waals surface area contributed by atoms with Gasteiger partial charge in [-0.25, -0.2) is 4.79 Å². The van der Waals surface area contributed by atoms with Gasteiger partial charge in [-0.15, -0.1) is 0 Å². The van der Waals surface area contributed by atoms with Crippen LogP contribution in [0.5, 0.6) is 0 Å². The molecule has 21 heavy (non-hydrogen) atoms. The van der Waals surface area contributed by atoms with Crippen molar-refractivity contribution in [3.63, 3.8) is 0 Å². The molecule has 1 heterocycles. The van der Waals surface area contributed by atoms with Crippen LogP contribution in [0.2, 0.25) is 0 Å². The Bertz CT molecular complexity index is 764. The van der Waals surface area contributed by atoms with Gasteiger partial charge < -0.3 is 5.32 Å². The summed E-state index contributed by atoms with van der Waals surface area (Å²) in [7, 11) is 3.15. The van der Waals surface area contributed by atoms with E-state index in [1.165, 1.54) is 17.7 Å². The van der Waals surface area contributed by atoms with Crippen molar-refractivity contribution < 1.29 is 0 Å². The van der Waals surface area contributed by atoms with E-state index in [-0.39, 0.29) is 17.3 Å². The smallest absolute Gasteiger partial charge is 0.305 e. The van der Waals surface area contributed by atoms with Gasteiger partial charge in [0.2, 0.25) is 0 Å². The summed E-state index contributed by atoms with van der Waals surface area (Å²) < 4.78 is 3.62. The third-order valence-electron chi connectivity index (χ3n) is 3.59. The predicted octanol–water partition coefficient (Wildman–Crippen LogP) is 1.70. The first kappa shape index (κ1) is 15.7. The van der Waals surface area contributed by atoms with E-state index in [1.54, 1.807) is 7.05 Å². The minimum atomic E-state index is -0.312. The Morgan fingerprint density at radius 3 is 2.52 bits per heavy atom. The Labute approximate surface area is 131 Å². The molecule has 0 aliphatic carbocycles. The third kappa shape index (κ3) is 3.33. The van der Waals surface area contributed by atoms with E-state index in [0.29, 0.717) is 12.2 Å². The van der Waals surface area contributed by atoms with Crippen molar-refractivity contribution >= 4 is 15.9 Å². The van der Waals surface area contributed by atoms with Gasteiger partial charge in [-0.3, -0.25) is 13.9 Å². The van der Waals surface area contributed by atoms with Crippen molar-refractivity contribution in [3.05, 3.63) is 66.9 Å². The van der Waals surface area contributed by atoms with Crippen molar-refractivity contribution in [2.75, 3.05) is 0 Å². The second kappa shape index (κ2) is 6.41. The first-order chi connectivity index (χ1) is 9.91. The standard InChI is InChI=1S/C15H18BrN3O2/c1-10(12-6-4-5-7-13(12)16)17-9-11-8-14(20)19(3)15(21)18(11)2/h4-8,10,17H,9H2,1-3H3/t10-/m0/s1. The first-order valence-corrected chi connectivity index (χ1v) is 7.45. The van der Waals surface area contributed by atoms with Gasteiger partial charge in [-0.1, -0.05) is 34.1 Å². The number of rotatable bonds is 4. The van der Waals surface area contributed by atoms with Crippen LogP contribution in [0.25, 0.3) is 0 Å². The fourth-order valence-corrected chi connectivity index (χ4v) is 2.77. The molecule has 6 heteroatoms. The zero-order chi connectivity index (χ0) is 15.6. The molecule has 0 unspecified atom stereocenters. The Hall–Kier alpha value is -1.66. The molecular formula is C15H18BrN3O2. The molecule has 0 aliphatic heterocycles. The van der Waals surface area contributed by atoms with Crippen LogP contribution in [-0.4, -0.2) is 9.13 Å². The van der Waals surface area contributed by atoms with Gasteiger partial charge >= 0.3 is 5.69 Å². The largest absolute Gasteiger partial charge is 0.330 e. The third-order valence-corrected chi connectivity index (χ3v) is 4.31. The maximum atomic E-state index is 11.9. The molecular weight excluding hydrogens is 334 g/mol. The topological polar surface area (TPSA) is 56.0 Å². The monoisotopic (exact) mass is 351 g/mol. The molecule has 1 aromatic heterocycles. The van der Waals surface area contributed by atoms with Crippen LogP contribution in [0.4, 0.5) is 0 Å². The zero-order valence-corrected chi connectivity index (χ0v) is 13.8. The second-order valence-electron chi connectivity index (χ2n) is 5.00. The Morgan fingerprint density at radius 1 is 1.19 bits per heavy atom. The van der Waals surface area contributed by atoms with Crippen LogP contribution in [0.15, 0.2) is 44.4 Å². The number of aromatic nitrogens is 2. The highest BCUT2D eigenvalue weighted by Gasteiger charge is 2.10. The average molecular weight is 352 g/mol. The van der Waals surface area contributed by atoms with Gasteiger partial charge in [0.05, 0.1) is 0 Å². The minimum Gasteiger partial charge on any atom is -0.305 e. The van der Waals surface area contributed by atoms with Gasteiger partial charge in [0.1, 0.15) is 0 Å². The van der Waals surface area contributed by atoms with Crippen molar-refractivity contribution in [2.45, 2.75) is 19.5 Å². The maximum absolute atomic E-state index is 11.9. The molecule has 112 valence electrons. The maximum Gasteiger partial charge on any atom is 0.330 e. The highest BCUT2D eigenvalue weighted by molar-refractivity contribution is 9.10. The van der Waals surface area contributed by atoms with Crippen LogP contribution in [0.1, 0.15) is 24.2 Å². The molecule has 5 nitrogen and oxygen atoms in total. The van der Waals surface area contributed by atoms with Crippen molar-refractivity contribution in [2.24, 2.45) is 14.1 Å². The number of nitrogens with one attached hydrogen (secondary N) is 1. The Morgan fingerprint density at radius 2 is 1.86 bits per heavy atom. The zero-order valence-electron chi connectivity index (χ0n) is 12.3. The van der Waals surface area contributed by atoms with E-state index >= 15 is 0 Å². The predicted molar refractivity (Wildman–Crippen MR) is 86.3 cm³/mol. The lowest BCUT2D eigenvalue weighted by molar-refractivity contribution is 0.539. The number of halogens is 1. The quantitative estimate of drug-likeness (QED) is 0.911. The van der Waals surface area contributed by atoms with E-state index in [9.17, 15) is 9.59 Å². The summed E-state index contributed by atoms with van der Waals surface area (Å²) in [6.07, 6.45) is 0. The fraction of sp³-hybridized carbons (Fsp3) is 0.333. The van der Waals surface area contributed by atoms with Crippen LogP contribution in [0.3, 0.4) is 0 Å². The van der Waals surface area contributed by atoms with E-state index in [2.05, 4.69) is 21.2 Å². The Balaban J connectivity index is 2.20. The molecule has 0 aliphatic rings. The lowest BCUT2D eigenvalue weighted by Crippen LogP contribution is -2.39. The van der Waals surface area contributed by atoms with E-state index in [0.717, 1.165) is 14.6 Å². The van der Waals surface area contributed by atoms with E-state index in [4.69, 9.17) is 0 Å². The molecule has 1 N–H and O–H groups in total. The van der Waals surface area contributed by atoms with Gasteiger partial charge in [0, 0.05) is 42.9 Å². The van der Waals surface area contributed by atoms with E-state index in [1.807, 2.05) is 31.2 Å². The highest BCUT2D eigenvalue weighted by Crippen LogP contribution is 2.22. The van der Waals surface area contributed by atoms with Crippen LogP contribution in [0, 0.1) is 0 Å². The summed E-state index contributed by atoms with van der Waals surface area (Å²) in [5.74, 6) is 0. The summed E-state index contributed by atoms with van der Waals surface area (Å²) in [4.78, 5) is 23.6. The molecule has 0 saturated carbocycles. The van der Waals surface area contributed by atoms with Gasteiger partial charge in [0.25, 0.3) is 5.56 Å². The molecule has 0 saturated heterocycles. The summed E-state index contributed by atoms with van der Waals surface area (Å²) >= 11 is 3.52. The summed E-state index contributed by atoms with van der Waals surface area (Å²) in [5.41, 5.74) is 1.20. The molecule has 0 bridgehead atoms. The molecule has 0 radical (unpaired) electrons. The van der Waals surface area contributed by atoms with Crippen molar-refractivity contribution in [1.29, 1.82) is 0 Å². The number of benzene rings is 1. The van der Waals surface area contributed by atoms with Crippen LogP contribution in [-0.2, 0) is 20.6 Å². The van der Waals surface area contributed by atoms with Crippen molar-refractivity contribution in [3.8, 4) is 0 Å². The number of hydrogen-bond donors (Lipinski definition) is 1. The summed E-state index contributed by atoms with van der Waals surface area (Å²) in [6.45, 7) is 2.49. The van der Waals surface area contributed by atoms with Gasteiger partial charge in [-0.05, 0) is 18.6 Å². The molecule has 2 rings (SSSR count). The Kier molecular flexibility index (Phi) is 4.80. The van der Waals surface area contributed by atoms with Crippen LogP contribution < -0.4 is 16.6 Å². The van der Waals surface area contributed by atoms with Gasteiger partial charge in [0.15, 0.2) is 0 Å². The summed E-state index contributed by atoms with van der Waals surface area (Å²) in [6, 6.07) is 9.55. The van der Waals surface area contributed by atoms with Crippen LogP contribution >= 0.6 is 15.9 Å². The second-order valence-corrected chi connectivity index (χ2v) is 5.85. The number of hydrogen-bond acceptors (Lipinski definition) is 3. The normalized spacial score (nSPS) is 12.4. The molecule has 0 amide bonds. The minimum absolute atomic E-state index is 0.0970. The number of nitrogens with zero attached hydrogens (tertiary/aromatic N) is 2. The first-order valence-electron chi connectivity index (χ1n) is 6.65. The van der Waals surface area contributed by atoms with Crippen molar-refractivity contribution in [1.82, 2.24) is 14.5 Å². The fourth-order valence-electron chi connectivity index (χ4n) is 2.14. The molecule has 2 aromatic rings. The SMILES string of the molecule is C[C@H](NCc1cc(=O)n(C)c(=O)n1C)c1ccccc1Br. The highest BCUT2D eigenvalue weighted by atomic mass is 79.9. The molecule has 1 atom stereocenters. The lowest BCUT2D eigenvalue weighted by atomic mass is 10.1. The summed E-state index contributed by atoms with van der Waals surface area (Å²) in [5, 5.41) is 3.33. The average Bonchev–Trinajstić information content (AvgIpc) is 2.47.